The second kappa shape index (κ2) is 2.89. The molecule has 3 nitrogen and oxygen atoms in total. The fraction of sp³-hybridized carbons (Fsp3) is 0.600. The molecule has 0 unspecified atom stereocenters. The van der Waals surface area contributed by atoms with Crippen LogP contribution in [0.5, 0.6) is 0 Å². The molecule has 11 heavy (non-hydrogen) atoms. The van der Waals surface area contributed by atoms with Crippen molar-refractivity contribution in [3.63, 3.8) is 0 Å². The molecule has 0 amide bonds. The minimum absolute atomic E-state index is 0.288. The lowest BCUT2D eigenvalue weighted by atomic mass is 10.5. The Balaban J connectivity index is 2.42. The first-order valence-electron chi connectivity index (χ1n) is 3.01. The molecule has 1 heterocycles. The van der Waals surface area contributed by atoms with Gasteiger partial charge in [0.15, 0.2) is 0 Å². The van der Waals surface area contributed by atoms with Crippen molar-refractivity contribution in [1.82, 2.24) is 10.6 Å². The Morgan fingerprint density at radius 3 is 2.55 bits per heavy atom. The first kappa shape index (κ1) is 8.03. The van der Waals surface area contributed by atoms with E-state index in [4.69, 9.17) is 0 Å². The van der Waals surface area contributed by atoms with Crippen LogP contribution in [0.25, 0.3) is 0 Å². The quantitative estimate of drug-likeness (QED) is 0.598. The molecular formula is C5H7F3N2O. The molecule has 1 rings (SSSR count). The Morgan fingerprint density at radius 1 is 1.36 bits per heavy atom. The molecule has 64 valence electrons. The van der Waals surface area contributed by atoms with Crippen molar-refractivity contribution in [2.24, 2.45) is 0 Å². The lowest BCUT2D eigenvalue weighted by Gasteiger charge is -2.18. The van der Waals surface area contributed by atoms with Gasteiger partial charge in [0.05, 0.1) is 6.20 Å². The first-order valence-corrected chi connectivity index (χ1v) is 3.01. The van der Waals surface area contributed by atoms with Gasteiger partial charge in [-0.05, 0) is 0 Å². The summed E-state index contributed by atoms with van der Waals surface area (Å²) in [5, 5.41) is 5.04. The molecule has 1 aliphatic rings. The number of rotatable bonds is 1. The van der Waals surface area contributed by atoms with E-state index in [1.54, 1.807) is 0 Å². The molecule has 0 atom stereocenters. The van der Waals surface area contributed by atoms with Gasteiger partial charge in [0.25, 0.3) is 0 Å². The van der Waals surface area contributed by atoms with Crippen molar-refractivity contribution in [3.8, 4) is 0 Å². The van der Waals surface area contributed by atoms with E-state index in [-0.39, 0.29) is 5.88 Å². The third-order valence-corrected chi connectivity index (χ3v) is 1.03. The molecule has 0 spiro atoms. The molecule has 0 aromatic carbocycles. The molecular weight excluding hydrogens is 161 g/mol. The molecule has 0 aromatic heterocycles. The van der Waals surface area contributed by atoms with Crippen molar-refractivity contribution < 1.29 is 17.9 Å². The zero-order valence-corrected chi connectivity index (χ0v) is 5.53. The summed E-state index contributed by atoms with van der Waals surface area (Å²) in [6.45, 7) is 1.03. The number of hydrogen-bond donors (Lipinski definition) is 2. The standard InChI is InChI=1S/C5H7F3N2O/c6-5(7,8)11-4-3-9-1-2-10-4/h3,9-10H,1-2H2. The second-order valence-electron chi connectivity index (χ2n) is 1.94. The average Bonchev–Trinajstić information content (AvgIpc) is 1.85. The normalized spacial score (nSPS) is 17.9. The smallest absolute Gasteiger partial charge is 0.389 e. The summed E-state index contributed by atoms with van der Waals surface area (Å²) in [5.74, 6) is -0.288. The van der Waals surface area contributed by atoms with Crippen LogP contribution in [0, 0.1) is 0 Å². The van der Waals surface area contributed by atoms with Crippen LogP contribution in [-0.4, -0.2) is 19.5 Å². The number of nitrogens with one attached hydrogen (secondary N) is 2. The fourth-order valence-electron chi connectivity index (χ4n) is 0.664. The highest BCUT2D eigenvalue weighted by molar-refractivity contribution is 4.93. The summed E-state index contributed by atoms with van der Waals surface area (Å²) in [6.07, 6.45) is -3.46. The van der Waals surface area contributed by atoms with Gasteiger partial charge in [0.1, 0.15) is 0 Å². The zero-order valence-electron chi connectivity index (χ0n) is 5.53. The first-order chi connectivity index (χ1) is 5.08. The van der Waals surface area contributed by atoms with Crippen LogP contribution in [0.2, 0.25) is 0 Å². The van der Waals surface area contributed by atoms with Crippen LogP contribution in [0.1, 0.15) is 0 Å². The third kappa shape index (κ3) is 3.01. The molecule has 2 N–H and O–H groups in total. The Bertz CT molecular complexity index is 166. The molecule has 0 radical (unpaired) electrons. The van der Waals surface area contributed by atoms with Gasteiger partial charge in [-0.2, -0.15) is 0 Å². The fourth-order valence-corrected chi connectivity index (χ4v) is 0.664. The Hall–Kier alpha value is -1.07. The zero-order chi connectivity index (χ0) is 8.32. The maximum atomic E-state index is 11.5. The monoisotopic (exact) mass is 168 g/mol. The number of alkyl halides is 3. The summed E-state index contributed by atoms with van der Waals surface area (Å²) < 4.78 is 38.1. The minimum Gasteiger partial charge on any atom is -0.389 e. The van der Waals surface area contributed by atoms with E-state index in [1.165, 1.54) is 0 Å². The van der Waals surface area contributed by atoms with Gasteiger partial charge in [-0.3, -0.25) is 0 Å². The maximum absolute atomic E-state index is 11.5. The molecule has 0 aromatic rings. The van der Waals surface area contributed by atoms with Crippen LogP contribution in [-0.2, 0) is 4.74 Å². The van der Waals surface area contributed by atoms with Crippen LogP contribution < -0.4 is 10.6 Å². The average molecular weight is 168 g/mol. The predicted octanol–water partition coefficient (Wildman–Crippen LogP) is 0.514. The van der Waals surface area contributed by atoms with E-state index in [2.05, 4.69) is 15.4 Å². The molecule has 0 bridgehead atoms. The van der Waals surface area contributed by atoms with E-state index in [1.807, 2.05) is 0 Å². The van der Waals surface area contributed by atoms with Gasteiger partial charge in [0, 0.05) is 13.1 Å². The molecule has 0 aliphatic carbocycles. The topological polar surface area (TPSA) is 33.3 Å². The van der Waals surface area contributed by atoms with Crippen LogP contribution >= 0.6 is 0 Å². The van der Waals surface area contributed by atoms with Crippen molar-refractivity contribution >= 4 is 0 Å². The molecule has 1 aliphatic heterocycles. The van der Waals surface area contributed by atoms with Crippen molar-refractivity contribution in [2.45, 2.75) is 6.36 Å². The number of halogens is 3. The largest absolute Gasteiger partial charge is 0.574 e. The predicted molar refractivity (Wildman–Crippen MR) is 31.2 cm³/mol. The highest BCUT2D eigenvalue weighted by Crippen LogP contribution is 2.19. The summed E-state index contributed by atoms with van der Waals surface area (Å²) in [4.78, 5) is 0. The maximum Gasteiger partial charge on any atom is 0.574 e. The van der Waals surface area contributed by atoms with E-state index >= 15 is 0 Å². The Labute approximate surface area is 61.2 Å². The van der Waals surface area contributed by atoms with Crippen LogP contribution in [0.4, 0.5) is 13.2 Å². The molecule has 0 saturated heterocycles. The molecule has 0 fully saturated rings. The van der Waals surface area contributed by atoms with E-state index in [0.717, 1.165) is 6.20 Å². The summed E-state index contributed by atoms with van der Waals surface area (Å²) in [6, 6.07) is 0. The SMILES string of the molecule is FC(F)(F)OC1=CNCCN1. The second-order valence-corrected chi connectivity index (χ2v) is 1.94. The van der Waals surface area contributed by atoms with Crippen molar-refractivity contribution in [3.05, 3.63) is 12.1 Å². The van der Waals surface area contributed by atoms with E-state index in [0.29, 0.717) is 13.1 Å². The van der Waals surface area contributed by atoms with Crippen molar-refractivity contribution in [2.75, 3.05) is 13.1 Å². The lowest BCUT2D eigenvalue weighted by Crippen LogP contribution is -2.34. The lowest BCUT2D eigenvalue weighted by molar-refractivity contribution is -0.308. The Morgan fingerprint density at radius 2 is 2.09 bits per heavy atom. The summed E-state index contributed by atoms with van der Waals surface area (Å²) >= 11 is 0. The van der Waals surface area contributed by atoms with Crippen LogP contribution in [0.3, 0.4) is 0 Å². The summed E-state index contributed by atoms with van der Waals surface area (Å²) in [5.41, 5.74) is 0. The molecule has 6 heteroatoms. The highest BCUT2D eigenvalue weighted by Gasteiger charge is 2.32. The van der Waals surface area contributed by atoms with E-state index in [9.17, 15) is 13.2 Å². The van der Waals surface area contributed by atoms with Crippen LogP contribution in [0.15, 0.2) is 12.1 Å². The van der Waals surface area contributed by atoms with Gasteiger partial charge < -0.3 is 15.4 Å². The third-order valence-electron chi connectivity index (χ3n) is 1.03. The number of hydrogen-bond acceptors (Lipinski definition) is 3. The minimum atomic E-state index is -4.61. The van der Waals surface area contributed by atoms with Gasteiger partial charge in [0.2, 0.25) is 5.88 Å². The Kier molecular flexibility index (Phi) is 2.11. The van der Waals surface area contributed by atoms with E-state index < -0.39 is 6.36 Å². The highest BCUT2D eigenvalue weighted by atomic mass is 19.4. The van der Waals surface area contributed by atoms with Gasteiger partial charge in [-0.25, -0.2) is 0 Å². The molecule has 0 saturated carbocycles. The van der Waals surface area contributed by atoms with Gasteiger partial charge in [-0.1, -0.05) is 0 Å². The van der Waals surface area contributed by atoms with Crippen molar-refractivity contribution in [1.29, 1.82) is 0 Å². The number of ether oxygens (including phenoxy) is 1. The summed E-state index contributed by atoms with van der Waals surface area (Å²) in [7, 11) is 0. The van der Waals surface area contributed by atoms with Gasteiger partial charge >= 0.3 is 6.36 Å². The van der Waals surface area contributed by atoms with Gasteiger partial charge in [-0.15, -0.1) is 13.2 Å².